The van der Waals surface area contributed by atoms with Gasteiger partial charge in [-0.25, -0.2) is 0 Å². The number of nitrogens with zero attached hydrogens (tertiary/aromatic N) is 1. The first kappa shape index (κ1) is 10.9. The molecule has 0 bridgehead atoms. The van der Waals surface area contributed by atoms with E-state index < -0.39 is 0 Å². The minimum Gasteiger partial charge on any atom is -0.335 e. The summed E-state index contributed by atoms with van der Waals surface area (Å²) in [6.07, 6.45) is 1.82. The highest BCUT2D eigenvalue weighted by molar-refractivity contribution is 5.88. The van der Waals surface area contributed by atoms with Crippen molar-refractivity contribution in [2.24, 2.45) is 0 Å². The molecule has 3 heteroatoms. The lowest BCUT2D eigenvalue weighted by molar-refractivity contribution is -0.137. The summed E-state index contributed by atoms with van der Waals surface area (Å²) >= 11 is 0. The minimum atomic E-state index is 0.0549. The van der Waals surface area contributed by atoms with E-state index in [0.717, 1.165) is 18.5 Å². The highest BCUT2D eigenvalue weighted by atomic mass is 16.2. The van der Waals surface area contributed by atoms with Gasteiger partial charge in [-0.2, -0.15) is 0 Å². The average Bonchev–Trinajstić information content (AvgIpc) is 2.30. The summed E-state index contributed by atoms with van der Waals surface area (Å²) < 4.78 is 0. The second-order valence-corrected chi connectivity index (χ2v) is 4.12. The third-order valence-electron chi connectivity index (χ3n) is 2.80. The number of hydrogen-bond donors (Lipinski definition) is 0. The van der Waals surface area contributed by atoms with Crippen molar-refractivity contribution in [2.45, 2.75) is 19.3 Å². The van der Waals surface area contributed by atoms with Gasteiger partial charge in [0.05, 0.1) is 13.0 Å². The van der Waals surface area contributed by atoms with Gasteiger partial charge in [0.25, 0.3) is 0 Å². The lowest BCUT2D eigenvalue weighted by atomic mass is 10.1. The Morgan fingerprint density at radius 3 is 2.69 bits per heavy atom. The number of piperidine rings is 1. The van der Waals surface area contributed by atoms with Gasteiger partial charge in [-0.05, 0) is 12.0 Å². The Morgan fingerprint density at radius 1 is 1.25 bits per heavy atom. The van der Waals surface area contributed by atoms with Gasteiger partial charge < -0.3 is 4.90 Å². The molecule has 0 aromatic heterocycles. The third kappa shape index (κ3) is 2.69. The Morgan fingerprint density at radius 2 is 2.00 bits per heavy atom. The molecular weight excluding hydrogens is 202 g/mol. The summed E-state index contributed by atoms with van der Waals surface area (Å²) in [6, 6.07) is 9.64. The van der Waals surface area contributed by atoms with E-state index >= 15 is 0 Å². The van der Waals surface area contributed by atoms with Crippen molar-refractivity contribution in [2.75, 3.05) is 13.1 Å². The van der Waals surface area contributed by atoms with Crippen molar-refractivity contribution in [3.05, 3.63) is 35.9 Å². The van der Waals surface area contributed by atoms with Crippen LogP contribution >= 0.6 is 0 Å². The number of carbonyl (C=O) groups is 2. The second kappa shape index (κ2) is 4.92. The van der Waals surface area contributed by atoms with Crippen LogP contribution in [0, 0.1) is 0 Å². The van der Waals surface area contributed by atoms with E-state index in [4.69, 9.17) is 0 Å². The number of amides is 1. The summed E-state index contributed by atoms with van der Waals surface area (Å²) in [5, 5.41) is 0. The number of rotatable bonds is 2. The van der Waals surface area contributed by atoms with Crippen molar-refractivity contribution < 1.29 is 9.59 Å². The zero-order chi connectivity index (χ0) is 11.4. The SMILES string of the molecule is O=C1CCCN(C(=O)Cc2ccccc2)C1. The van der Waals surface area contributed by atoms with E-state index in [1.807, 2.05) is 30.3 Å². The molecule has 1 aromatic rings. The normalized spacial score (nSPS) is 16.2. The van der Waals surface area contributed by atoms with Gasteiger partial charge in [0, 0.05) is 13.0 Å². The van der Waals surface area contributed by atoms with E-state index in [1.165, 1.54) is 0 Å². The summed E-state index contributed by atoms with van der Waals surface area (Å²) in [5.41, 5.74) is 1.01. The number of benzene rings is 1. The molecule has 1 heterocycles. The first-order valence-corrected chi connectivity index (χ1v) is 5.59. The van der Waals surface area contributed by atoms with Crippen LogP contribution in [-0.4, -0.2) is 29.7 Å². The molecular formula is C13H15NO2. The van der Waals surface area contributed by atoms with Crippen LogP contribution in [0.25, 0.3) is 0 Å². The number of likely N-dealkylation sites (tertiary alicyclic amines) is 1. The van der Waals surface area contributed by atoms with E-state index in [-0.39, 0.29) is 11.7 Å². The Bertz CT molecular complexity index is 386. The van der Waals surface area contributed by atoms with E-state index in [0.29, 0.717) is 19.4 Å². The molecule has 0 unspecified atom stereocenters. The van der Waals surface area contributed by atoms with Crippen LogP contribution in [0.4, 0.5) is 0 Å². The largest absolute Gasteiger partial charge is 0.335 e. The lowest BCUT2D eigenvalue weighted by Crippen LogP contribution is -2.40. The van der Waals surface area contributed by atoms with Crippen LogP contribution in [0.15, 0.2) is 30.3 Å². The minimum absolute atomic E-state index is 0.0549. The molecule has 1 saturated heterocycles. The molecule has 0 spiro atoms. The fourth-order valence-electron chi connectivity index (χ4n) is 1.93. The lowest BCUT2D eigenvalue weighted by Gasteiger charge is -2.25. The van der Waals surface area contributed by atoms with Crippen molar-refractivity contribution >= 4 is 11.7 Å². The average molecular weight is 217 g/mol. The number of Topliss-reactive ketones (excluding diaryl/α,β-unsaturated/α-hetero) is 1. The fraction of sp³-hybridized carbons (Fsp3) is 0.385. The van der Waals surface area contributed by atoms with Crippen molar-refractivity contribution in [3.63, 3.8) is 0 Å². The molecule has 3 nitrogen and oxygen atoms in total. The Hall–Kier alpha value is -1.64. The molecule has 1 fully saturated rings. The van der Waals surface area contributed by atoms with Gasteiger partial charge in [0.2, 0.25) is 5.91 Å². The third-order valence-corrected chi connectivity index (χ3v) is 2.80. The van der Waals surface area contributed by atoms with E-state index in [9.17, 15) is 9.59 Å². The molecule has 1 aliphatic rings. The number of ketones is 1. The maximum absolute atomic E-state index is 11.9. The maximum Gasteiger partial charge on any atom is 0.227 e. The highest BCUT2D eigenvalue weighted by Crippen LogP contribution is 2.09. The molecule has 0 saturated carbocycles. The van der Waals surface area contributed by atoms with E-state index in [1.54, 1.807) is 4.90 Å². The second-order valence-electron chi connectivity index (χ2n) is 4.12. The van der Waals surface area contributed by atoms with Crippen LogP contribution in [0.1, 0.15) is 18.4 Å². The summed E-state index contributed by atoms with van der Waals surface area (Å²) in [7, 11) is 0. The summed E-state index contributed by atoms with van der Waals surface area (Å²) in [4.78, 5) is 24.8. The number of carbonyl (C=O) groups excluding carboxylic acids is 2. The number of hydrogen-bond acceptors (Lipinski definition) is 2. The molecule has 1 aromatic carbocycles. The molecule has 0 atom stereocenters. The fourth-order valence-corrected chi connectivity index (χ4v) is 1.93. The predicted octanol–water partition coefficient (Wildman–Crippen LogP) is 1.42. The molecule has 1 aliphatic heterocycles. The predicted molar refractivity (Wildman–Crippen MR) is 61.0 cm³/mol. The van der Waals surface area contributed by atoms with Crippen LogP contribution in [0.3, 0.4) is 0 Å². The van der Waals surface area contributed by atoms with Gasteiger partial charge in [0.1, 0.15) is 0 Å². The first-order valence-electron chi connectivity index (χ1n) is 5.59. The topological polar surface area (TPSA) is 37.4 Å². The Kier molecular flexibility index (Phi) is 3.34. The van der Waals surface area contributed by atoms with Crippen LogP contribution in [-0.2, 0) is 16.0 Å². The molecule has 0 aliphatic carbocycles. The van der Waals surface area contributed by atoms with Crippen molar-refractivity contribution in [3.8, 4) is 0 Å². The monoisotopic (exact) mass is 217 g/mol. The van der Waals surface area contributed by atoms with E-state index in [2.05, 4.69) is 0 Å². The quantitative estimate of drug-likeness (QED) is 0.751. The van der Waals surface area contributed by atoms with Crippen molar-refractivity contribution in [1.29, 1.82) is 0 Å². The van der Waals surface area contributed by atoms with Crippen LogP contribution in [0.2, 0.25) is 0 Å². The van der Waals surface area contributed by atoms with Gasteiger partial charge in [-0.3, -0.25) is 9.59 Å². The molecule has 0 N–H and O–H groups in total. The molecule has 84 valence electrons. The van der Waals surface area contributed by atoms with Gasteiger partial charge in [-0.15, -0.1) is 0 Å². The summed E-state index contributed by atoms with van der Waals surface area (Å²) in [6.45, 7) is 1.02. The standard InChI is InChI=1S/C13H15NO2/c15-12-7-4-8-14(10-12)13(16)9-11-5-2-1-3-6-11/h1-3,5-6H,4,7-10H2. The molecule has 1 amide bonds. The smallest absolute Gasteiger partial charge is 0.227 e. The molecule has 16 heavy (non-hydrogen) atoms. The van der Waals surface area contributed by atoms with Gasteiger partial charge in [0.15, 0.2) is 5.78 Å². The van der Waals surface area contributed by atoms with Crippen LogP contribution in [0.5, 0.6) is 0 Å². The van der Waals surface area contributed by atoms with Crippen LogP contribution < -0.4 is 0 Å². The van der Waals surface area contributed by atoms with Crippen molar-refractivity contribution in [1.82, 2.24) is 4.90 Å². The Balaban J connectivity index is 1.95. The molecule has 0 radical (unpaired) electrons. The Labute approximate surface area is 95.1 Å². The summed E-state index contributed by atoms with van der Waals surface area (Å²) in [5.74, 6) is 0.229. The van der Waals surface area contributed by atoms with Gasteiger partial charge >= 0.3 is 0 Å². The molecule has 2 rings (SSSR count). The van der Waals surface area contributed by atoms with Gasteiger partial charge in [-0.1, -0.05) is 30.3 Å². The first-order chi connectivity index (χ1) is 7.75. The highest BCUT2D eigenvalue weighted by Gasteiger charge is 2.21. The zero-order valence-corrected chi connectivity index (χ0v) is 9.19. The maximum atomic E-state index is 11.9. The zero-order valence-electron chi connectivity index (χ0n) is 9.19.